The molecule has 4 nitrogen and oxygen atoms in total. The van der Waals surface area contributed by atoms with Gasteiger partial charge < -0.3 is 10.2 Å². The monoisotopic (exact) mass is 262 g/mol. The van der Waals surface area contributed by atoms with Crippen LogP contribution in [0.5, 0.6) is 0 Å². The number of carbonyl (C=O) groups is 2. The van der Waals surface area contributed by atoms with Gasteiger partial charge in [0, 0.05) is 6.42 Å². The predicted molar refractivity (Wildman–Crippen MR) is 67.0 cm³/mol. The number of carboxylic acid groups (broad SMARTS) is 2. The molecule has 1 aromatic carbocycles. The maximum atomic E-state index is 10.2. The molecular formula is C10H15CaNaO4. The summed E-state index contributed by atoms with van der Waals surface area (Å²) in [6.07, 6.45) is 0.222. The molecule has 0 heterocycles. The van der Waals surface area contributed by atoms with E-state index in [1.807, 2.05) is 0 Å². The molecule has 0 saturated heterocycles. The van der Waals surface area contributed by atoms with E-state index in [4.69, 9.17) is 10.2 Å². The van der Waals surface area contributed by atoms with Crippen LogP contribution < -0.4 is 0 Å². The quantitative estimate of drug-likeness (QED) is 0.752. The van der Waals surface area contributed by atoms with Crippen LogP contribution in [-0.4, -0.2) is 89.4 Å². The second-order valence-electron chi connectivity index (χ2n) is 2.42. The second-order valence-corrected chi connectivity index (χ2v) is 2.42. The third-order valence-electron chi connectivity index (χ3n) is 1.32. The van der Waals surface area contributed by atoms with Gasteiger partial charge in [0.05, 0.1) is 5.56 Å². The van der Waals surface area contributed by atoms with E-state index < -0.39 is 11.9 Å². The van der Waals surface area contributed by atoms with E-state index in [0.29, 0.717) is 5.56 Å². The molecule has 0 atom stereocenters. The average Bonchev–Trinajstić information content (AvgIpc) is 2.20. The van der Waals surface area contributed by atoms with Crippen molar-refractivity contribution in [1.29, 1.82) is 0 Å². The summed E-state index contributed by atoms with van der Waals surface area (Å²) in [5.74, 6) is -1.62. The molecule has 0 radical (unpaired) electrons. The van der Waals surface area contributed by atoms with Crippen molar-refractivity contribution in [3.05, 3.63) is 35.9 Å². The summed E-state index contributed by atoms with van der Waals surface area (Å²) in [5.41, 5.74) is 0.331. The standard InChI is InChI=1S/C7H6O2.C3H6O2.Ca.Na.3H/c8-7(9)6-4-2-1-3-5-6;1-2-3(4)5;;;;;/h1-5H,(H,8,9);2H2,1H3,(H,4,5);;;;;. The van der Waals surface area contributed by atoms with Crippen molar-refractivity contribution in [3.63, 3.8) is 0 Å². The molecule has 0 aliphatic heterocycles. The third kappa shape index (κ3) is 12.5. The number of aliphatic carboxylic acids is 1. The summed E-state index contributed by atoms with van der Waals surface area (Å²) in [4.78, 5) is 19.6. The van der Waals surface area contributed by atoms with Crippen molar-refractivity contribution in [2.24, 2.45) is 0 Å². The predicted octanol–water partition coefficient (Wildman–Crippen LogP) is 0.301. The molecule has 82 valence electrons. The van der Waals surface area contributed by atoms with E-state index >= 15 is 0 Å². The normalized spacial score (nSPS) is 7.31. The molecule has 0 fully saturated rings. The fraction of sp³-hybridized carbons (Fsp3) is 0.200. The van der Waals surface area contributed by atoms with Gasteiger partial charge in [0.15, 0.2) is 0 Å². The summed E-state index contributed by atoms with van der Waals surface area (Å²) < 4.78 is 0. The van der Waals surface area contributed by atoms with Crippen LogP contribution in [0, 0.1) is 0 Å². The van der Waals surface area contributed by atoms with Gasteiger partial charge in [-0.25, -0.2) is 4.79 Å². The molecule has 0 unspecified atom stereocenters. The molecule has 0 aromatic heterocycles. The van der Waals surface area contributed by atoms with Crippen molar-refractivity contribution in [3.8, 4) is 0 Å². The van der Waals surface area contributed by atoms with Gasteiger partial charge in [-0.3, -0.25) is 4.79 Å². The summed E-state index contributed by atoms with van der Waals surface area (Å²) in [6.45, 7) is 1.60. The van der Waals surface area contributed by atoms with Crippen molar-refractivity contribution in [2.75, 3.05) is 0 Å². The van der Waals surface area contributed by atoms with Crippen molar-refractivity contribution < 1.29 is 19.8 Å². The van der Waals surface area contributed by atoms with Gasteiger partial charge in [-0.05, 0) is 12.1 Å². The molecule has 0 bridgehead atoms. The maximum absolute atomic E-state index is 10.2. The summed E-state index contributed by atoms with van der Waals surface area (Å²) in [7, 11) is 0. The molecule has 0 aliphatic carbocycles. The molecule has 6 heteroatoms. The number of rotatable bonds is 2. The summed E-state index contributed by atoms with van der Waals surface area (Å²) >= 11 is 0. The topological polar surface area (TPSA) is 74.6 Å². The fourth-order valence-electron chi connectivity index (χ4n) is 0.581. The number of hydrogen-bond donors (Lipinski definition) is 2. The first kappa shape index (κ1) is 21.7. The Hall–Kier alpha value is 0.420. The first-order valence-corrected chi connectivity index (χ1v) is 4.08. The first-order chi connectivity index (χ1) is 6.57. The van der Waals surface area contributed by atoms with E-state index in [1.54, 1.807) is 37.3 Å². The van der Waals surface area contributed by atoms with E-state index in [9.17, 15) is 9.59 Å². The zero-order valence-corrected chi connectivity index (χ0v) is 7.80. The van der Waals surface area contributed by atoms with E-state index in [-0.39, 0.29) is 73.7 Å². The van der Waals surface area contributed by atoms with Crippen LogP contribution in [0.25, 0.3) is 0 Å². The van der Waals surface area contributed by atoms with Gasteiger partial charge in [0.1, 0.15) is 0 Å². The van der Waals surface area contributed by atoms with Crippen LogP contribution in [0.3, 0.4) is 0 Å². The van der Waals surface area contributed by atoms with Gasteiger partial charge in [-0.1, -0.05) is 25.1 Å². The molecule has 2 N–H and O–H groups in total. The molecule has 1 aromatic rings. The Morgan fingerprint density at radius 1 is 1.12 bits per heavy atom. The fourth-order valence-corrected chi connectivity index (χ4v) is 0.581. The molecule has 0 aliphatic rings. The summed E-state index contributed by atoms with van der Waals surface area (Å²) in [6, 6.07) is 8.30. The van der Waals surface area contributed by atoms with Gasteiger partial charge in [-0.15, -0.1) is 0 Å². The second kappa shape index (κ2) is 13.5. The zero-order valence-electron chi connectivity index (χ0n) is 7.80. The minimum absolute atomic E-state index is 0. The van der Waals surface area contributed by atoms with Crippen molar-refractivity contribution in [1.82, 2.24) is 0 Å². The number of hydrogen-bond acceptors (Lipinski definition) is 2. The molecule has 0 saturated carbocycles. The Kier molecular flexibility index (Phi) is 18.3. The van der Waals surface area contributed by atoms with E-state index in [2.05, 4.69) is 0 Å². The first-order valence-electron chi connectivity index (χ1n) is 4.08. The van der Waals surface area contributed by atoms with Gasteiger partial charge in [0.2, 0.25) is 0 Å². The zero-order chi connectivity index (χ0) is 11.0. The Morgan fingerprint density at radius 3 is 1.69 bits per heavy atom. The molecule has 0 amide bonds. The van der Waals surface area contributed by atoms with Crippen LogP contribution in [0.15, 0.2) is 30.3 Å². The number of benzene rings is 1. The van der Waals surface area contributed by atoms with Crippen LogP contribution >= 0.6 is 0 Å². The van der Waals surface area contributed by atoms with Gasteiger partial charge in [-0.2, -0.15) is 0 Å². The molecular weight excluding hydrogens is 247 g/mol. The van der Waals surface area contributed by atoms with Gasteiger partial charge >= 0.3 is 79.2 Å². The Balaban J connectivity index is -0.000000214. The Bertz CT molecular complexity index is 303. The van der Waals surface area contributed by atoms with Crippen molar-refractivity contribution >= 4 is 79.2 Å². The van der Waals surface area contributed by atoms with Crippen LogP contribution in [-0.2, 0) is 4.79 Å². The minimum atomic E-state index is -0.879. The van der Waals surface area contributed by atoms with Crippen LogP contribution in [0.1, 0.15) is 23.7 Å². The Labute approximate surface area is 146 Å². The SMILES string of the molecule is CCC(=O)O.O=C(O)c1ccccc1.[CaH2].[NaH]. The van der Waals surface area contributed by atoms with Crippen molar-refractivity contribution in [2.45, 2.75) is 13.3 Å². The average molecular weight is 262 g/mol. The number of aromatic carboxylic acids is 1. The van der Waals surface area contributed by atoms with Crippen LogP contribution in [0.2, 0.25) is 0 Å². The molecule has 0 spiro atoms. The van der Waals surface area contributed by atoms with Gasteiger partial charge in [0.25, 0.3) is 0 Å². The molecule has 1 rings (SSSR count). The Morgan fingerprint density at radius 2 is 1.50 bits per heavy atom. The summed E-state index contributed by atoms with van der Waals surface area (Å²) in [5, 5.41) is 16.1. The third-order valence-corrected chi connectivity index (χ3v) is 1.32. The van der Waals surface area contributed by atoms with E-state index in [1.165, 1.54) is 0 Å². The molecule has 16 heavy (non-hydrogen) atoms. The van der Waals surface area contributed by atoms with Crippen LogP contribution in [0.4, 0.5) is 0 Å². The number of carboxylic acids is 2. The van der Waals surface area contributed by atoms with E-state index in [0.717, 1.165) is 0 Å².